The van der Waals surface area contributed by atoms with E-state index in [-0.39, 0.29) is 23.0 Å². The molecule has 7 nitrogen and oxygen atoms in total. The normalized spacial score (nSPS) is 14.8. The first-order chi connectivity index (χ1) is 13.3. The average Bonchev–Trinajstić information content (AvgIpc) is 3.15. The Bertz CT molecular complexity index is 811. The molecule has 1 N–H and O–H groups in total. The van der Waals surface area contributed by atoms with E-state index >= 15 is 0 Å². The maximum Gasteiger partial charge on any atom is 0.234 e. The highest BCUT2D eigenvalue weighted by Crippen LogP contribution is 2.29. The fourth-order valence-corrected chi connectivity index (χ4v) is 4.50. The molecule has 3 rings (SSSR count). The molecule has 0 atom stereocenters. The first-order valence-corrected chi connectivity index (χ1v) is 11.0. The highest BCUT2D eigenvalue weighted by molar-refractivity contribution is 8.01. The van der Waals surface area contributed by atoms with E-state index in [1.165, 1.54) is 23.1 Å². The first-order valence-electron chi connectivity index (χ1n) is 9.18. The summed E-state index contributed by atoms with van der Waals surface area (Å²) < 4.78 is 0.770. The van der Waals surface area contributed by atoms with Gasteiger partial charge in [0.05, 0.1) is 5.75 Å². The molecule has 0 spiro atoms. The van der Waals surface area contributed by atoms with Crippen LogP contribution in [0.15, 0.2) is 34.7 Å². The van der Waals surface area contributed by atoms with Gasteiger partial charge in [0.25, 0.3) is 0 Å². The first kappa shape index (κ1) is 20.6. The Hall–Kier alpha value is -2.13. The highest BCUT2D eigenvalue weighted by atomic mass is 32.2. The molecule has 0 saturated carbocycles. The van der Waals surface area contributed by atoms with Crippen LogP contribution in [0, 0.1) is 5.41 Å². The van der Waals surface area contributed by atoms with E-state index in [0.717, 1.165) is 28.2 Å². The number of hydrogen-bond donors (Lipinski definition) is 1. The Labute approximate surface area is 173 Å². The van der Waals surface area contributed by atoms with Crippen LogP contribution in [-0.2, 0) is 9.59 Å². The van der Waals surface area contributed by atoms with Gasteiger partial charge < -0.3 is 15.1 Å². The summed E-state index contributed by atoms with van der Waals surface area (Å²) in [6, 6.07) is 9.39. The van der Waals surface area contributed by atoms with Crippen molar-refractivity contribution in [3.8, 4) is 0 Å². The number of anilines is 2. The molecule has 150 valence electrons. The molecular formula is C19H25N5O2S2. The van der Waals surface area contributed by atoms with E-state index in [2.05, 4.69) is 20.4 Å². The monoisotopic (exact) mass is 419 g/mol. The summed E-state index contributed by atoms with van der Waals surface area (Å²) in [5.74, 6) is 0.407. The van der Waals surface area contributed by atoms with Crippen LogP contribution >= 0.6 is 23.1 Å². The largest absolute Gasteiger partial charge is 0.343 e. The highest BCUT2D eigenvalue weighted by Gasteiger charge is 2.30. The number of nitrogens with one attached hydrogen (secondary N) is 1. The molecule has 2 heterocycles. The smallest absolute Gasteiger partial charge is 0.234 e. The second-order valence-corrected chi connectivity index (χ2v) is 9.76. The summed E-state index contributed by atoms with van der Waals surface area (Å²) in [7, 11) is 0. The van der Waals surface area contributed by atoms with E-state index < -0.39 is 0 Å². The molecule has 0 bridgehead atoms. The Morgan fingerprint density at radius 3 is 2.43 bits per heavy atom. The molecule has 2 amide bonds. The van der Waals surface area contributed by atoms with Gasteiger partial charge in [0.15, 0.2) is 4.34 Å². The number of thioether (sulfide) groups is 1. The Kier molecular flexibility index (Phi) is 6.56. The van der Waals surface area contributed by atoms with Gasteiger partial charge in [-0.05, 0) is 12.1 Å². The minimum Gasteiger partial charge on any atom is -0.343 e. The van der Waals surface area contributed by atoms with Crippen LogP contribution in [0.3, 0.4) is 0 Å². The number of carbonyl (C=O) groups excluding carboxylic acids is 2. The number of hydrogen-bond acceptors (Lipinski definition) is 7. The van der Waals surface area contributed by atoms with Crippen LogP contribution in [-0.4, -0.2) is 58.8 Å². The molecule has 9 heteroatoms. The Morgan fingerprint density at radius 2 is 1.79 bits per heavy atom. The summed E-state index contributed by atoms with van der Waals surface area (Å²) in [6.45, 7) is 8.72. The van der Waals surface area contributed by atoms with Crippen molar-refractivity contribution in [1.82, 2.24) is 15.1 Å². The maximum absolute atomic E-state index is 12.4. The van der Waals surface area contributed by atoms with Gasteiger partial charge in [-0.3, -0.25) is 9.59 Å². The predicted molar refractivity (Wildman–Crippen MR) is 114 cm³/mol. The van der Waals surface area contributed by atoms with E-state index in [9.17, 15) is 9.59 Å². The van der Waals surface area contributed by atoms with Crippen molar-refractivity contribution in [1.29, 1.82) is 0 Å². The number of piperazine rings is 1. The zero-order valence-corrected chi connectivity index (χ0v) is 18.0. The topological polar surface area (TPSA) is 78.4 Å². The standard InChI is InChI=1S/C19H25N5O2S2/c1-19(2,3)16(26)23-9-11-24(12-10-23)17-21-22-18(28-17)27-13-15(25)20-14-7-5-4-6-8-14/h4-8H,9-13H2,1-3H3,(H,20,25). The second kappa shape index (κ2) is 8.91. The van der Waals surface area contributed by atoms with Gasteiger partial charge in [0, 0.05) is 37.3 Å². The average molecular weight is 420 g/mol. The van der Waals surface area contributed by atoms with Crippen LogP contribution in [0.2, 0.25) is 0 Å². The molecule has 2 aromatic rings. The van der Waals surface area contributed by atoms with Crippen LogP contribution in [0.25, 0.3) is 0 Å². The summed E-state index contributed by atoms with van der Waals surface area (Å²) >= 11 is 2.87. The lowest BCUT2D eigenvalue weighted by atomic mass is 9.94. The predicted octanol–water partition coefficient (Wildman–Crippen LogP) is 2.96. The van der Waals surface area contributed by atoms with E-state index in [0.29, 0.717) is 13.1 Å². The fraction of sp³-hybridized carbons (Fsp3) is 0.474. The third kappa shape index (κ3) is 5.45. The fourth-order valence-electron chi connectivity index (χ4n) is 2.81. The zero-order chi connectivity index (χ0) is 20.1. The molecule has 1 aromatic carbocycles. The summed E-state index contributed by atoms with van der Waals surface area (Å²) in [5, 5.41) is 12.2. The van der Waals surface area contributed by atoms with Crippen LogP contribution in [0.5, 0.6) is 0 Å². The zero-order valence-electron chi connectivity index (χ0n) is 16.3. The van der Waals surface area contributed by atoms with Crippen LogP contribution < -0.4 is 10.2 Å². The Morgan fingerprint density at radius 1 is 1.11 bits per heavy atom. The van der Waals surface area contributed by atoms with Crippen molar-refractivity contribution >= 4 is 45.7 Å². The lowest BCUT2D eigenvalue weighted by molar-refractivity contribution is -0.139. The van der Waals surface area contributed by atoms with Gasteiger partial charge in [-0.1, -0.05) is 62.1 Å². The van der Waals surface area contributed by atoms with Crippen molar-refractivity contribution in [2.75, 3.05) is 42.1 Å². The number of aromatic nitrogens is 2. The number of amides is 2. The number of benzene rings is 1. The van der Waals surface area contributed by atoms with E-state index in [1.807, 2.05) is 56.0 Å². The summed E-state index contributed by atoms with van der Waals surface area (Å²) in [5.41, 5.74) is 0.434. The van der Waals surface area contributed by atoms with Gasteiger partial charge in [0.2, 0.25) is 16.9 Å². The van der Waals surface area contributed by atoms with Crippen molar-refractivity contribution in [2.45, 2.75) is 25.1 Å². The Balaban J connectivity index is 1.47. The lowest BCUT2D eigenvalue weighted by Crippen LogP contribution is -2.51. The van der Waals surface area contributed by atoms with Crippen molar-refractivity contribution < 1.29 is 9.59 Å². The number of rotatable bonds is 5. The third-order valence-corrected chi connectivity index (χ3v) is 6.38. The molecule has 0 unspecified atom stereocenters. The third-order valence-electron chi connectivity index (χ3n) is 4.26. The molecular weight excluding hydrogens is 394 g/mol. The molecule has 1 aliphatic rings. The molecule has 0 aliphatic carbocycles. The molecule has 1 aliphatic heterocycles. The van der Waals surface area contributed by atoms with Gasteiger partial charge in [0.1, 0.15) is 0 Å². The summed E-state index contributed by atoms with van der Waals surface area (Å²) in [6.07, 6.45) is 0. The van der Waals surface area contributed by atoms with Gasteiger partial charge >= 0.3 is 0 Å². The van der Waals surface area contributed by atoms with E-state index in [1.54, 1.807) is 0 Å². The van der Waals surface area contributed by atoms with E-state index in [4.69, 9.17) is 0 Å². The quantitative estimate of drug-likeness (QED) is 0.751. The number of nitrogens with zero attached hydrogens (tertiary/aromatic N) is 4. The molecule has 1 fully saturated rings. The van der Waals surface area contributed by atoms with Gasteiger partial charge in [-0.2, -0.15) is 0 Å². The van der Waals surface area contributed by atoms with Crippen LogP contribution in [0.1, 0.15) is 20.8 Å². The van der Waals surface area contributed by atoms with Crippen LogP contribution in [0.4, 0.5) is 10.8 Å². The van der Waals surface area contributed by atoms with Crippen molar-refractivity contribution in [3.63, 3.8) is 0 Å². The molecule has 1 aromatic heterocycles. The second-order valence-electron chi connectivity index (χ2n) is 7.58. The van der Waals surface area contributed by atoms with Crippen molar-refractivity contribution in [3.05, 3.63) is 30.3 Å². The molecule has 0 radical (unpaired) electrons. The van der Waals surface area contributed by atoms with Gasteiger partial charge in [-0.15, -0.1) is 10.2 Å². The maximum atomic E-state index is 12.4. The van der Waals surface area contributed by atoms with Gasteiger partial charge in [-0.25, -0.2) is 0 Å². The molecule has 1 saturated heterocycles. The summed E-state index contributed by atoms with van der Waals surface area (Å²) in [4.78, 5) is 28.5. The minimum atomic E-state index is -0.352. The SMILES string of the molecule is CC(C)(C)C(=O)N1CCN(c2nnc(SCC(=O)Nc3ccccc3)s2)CC1. The van der Waals surface area contributed by atoms with Crippen molar-refractivity contribution in [2.24, 2.45) is 5.41 Å². The molecule has 28 heavy (non-hydrogen) atoms. The minimum absolute atomic E-state index is 0.0674. The number of para-hydroxylation sites is 1. The lowest BCUT2D eigenvalue weighted by Gasteiger charge is -2.37. The number of carbonyl (C=O) groups is 2.